The molecule has 5 heteroatoms. The highest BCUT2D eigenvalue weighted by Gasteiger charge is 2.11. The van der Waals surface area contributed by atoms with E-state index >= 15 is 0 Å². The zero-order valence-electron chi connectivity index (χ0n) is 13.9. The molecule has 2 amide bonds. The molecule has 1 atom stereocenters. The Morgan fingerprint density at radius 2 is 1.79 bits per heavy atom. The summed E-state index contributed by atoms with van der Waals surface area (Å²) in [5.41, 5.74) is 7.26. The first-order chi connectivity index (χ1) is 11.5. The van der Waals surface area contributed by atoms with Crippen molar-refractivity contribution in [1.29, 1.82) is 0 Å². The van der Waals surface area contributed by atoms with Crippen molar-refractivity contribution in [3.63, 3.8) is 0 Å². The Balaban J connectivity index is 1.95. The van der Waals surface area contributed by atoms with Gasteiger partial charge >= 0.3 is 0 Å². The van der Waals surface area contributed by atoms with Crippen molar-refractivity contribution >= 4 is 17.5 Å². The van der Waals surface area contributed by atoms with Gasteiger partial charge in [-0.1, -0.05) is 32.0 Å². The fourth-order valence-corrected chi connectivity index (χ4v) is 2.30. The number of rotatable bonds is 7. The lowest BCUT2D eigenvalue weighted by Crippen LogP contribution is -2.20. The molecule has 0 radical (unpaired) electrons. The van der Waals surface area contributed by atoms with E-state index in [1.807, 2.05) is 24.3 Å². The molecule has 0 saturated heterocycles. The van der Waals surface area contributed by atoms with Crippen molar-refractivity contribution in [2.24, 2.45) is 5.73 Å². The molecule has 24 heavy (non-hydrogen) atoms. The van der Waals surface area contributed by atoms with E-state index in [0.717, 1.165) is 17.7 Å². The van der Waals surface area contributed by atoms with Crippen LogP contribution in [0.15, 0.2) is 48.5 Å². The first-order valence-corrected chi connectivity index (χ1v) is 7.92. The number of hydrogen-bond acceptors (Lipinski definition) is 3. The summed E-state index contributed by atoms with van der Waals surface area (Å²) in [6.07, 6.45) is 0.999. The Morgan fingerprint density at radius 1 is 1.12 bits per heavy atom. The largest absolute Gasteiger partial charge is 0.483 e. The summed E-state index contributed by atoms with van der Waals surface area (Å²) in [4.78, 5) is 23.0. The Labute approximate surface area is 141 Å². The molecular formula is C19H22N2O3. The van der Waals surface area contributed by atoms with Crippen LogP contribution in [-0.4, -0.2) is 18.4 Å². The molecule has 126 valence electrons. The summed E-state index contributed by atoms with van der Waals surface area (Å²) in [6, 6.07) is 14.1. The van der Waals surface area contributed by atoms with E-state index in [2.05, 4.69) is 19.2 Å². The van der Waals surface area contributed by atoms with Crippen molar-refractivity contribution in [2.75, 3.05) is 11.9 Å². The van der Waals surface area contributed by atoms with E-state index in [9.17, 15) is 9.59 Å². The number of anilines is 1. The zero-order chi connectivity index (χ0) is 17.5. The normalized spacial score (nSPS) is 11.6. The van der Waals surface area contributed by atoms with Gasteiger partial charge in [0.2, 0.25) is 5.91 Å². The van der Waals surface area contributed by atoms with Crippen molar-refractivity contribution in [3.05, 3.63) is 59.7 Å². The number of hydrogen-bond donors (Lipinski definition) is 2. The minimum Gasteiger partial charge on any atom is -0.483 e. The maximum absolute atomic E-state index is 12.0. The topological polar surface area (TPSA) is 81.4 Å². The van der Waals surface area contributed by atoms with Gasteiger partial charge < -0.3 is 15.8 Å². The van der Waals surface area contributed by atoms with Crippen LogP contribution in [0.4, 0.5) is 5.69 Å². The third-order valence-corrected chi connectivity index (χ3v) is 3.87. The van der Waals surface area contributed by atoms with Crippen molar-refractivity contribution < 1.29 is 14.3 Å². The fraction of sp³-hybridized carbons (Fsp3) is 0.263. The van der Waals surface area contributed by atoms with Gasteiger partial charge in [-0.05, 0) is 48.2 Å². The van der Waals surface area contributed by atoms with Gasteiger partial charge in [-0.15, -0.1) is 0 Å². The van der Waals surface area contributed by atoms with Gasteiger partial charge in [-0.3, -0.25) is 9.59 Å². The molecule has 0 aliphatic rings. The zero-order valence-corrected chi connectivity index (χ0v) is 13.9. The predicted octanol–water partition coefficient (Wildman–Crippen LogP) is 3.32. The first-order valence-electron chi connectivity index (χ1n) is 7.92. The highest BCUT2D eigenvalue weighted by Crippen LogP contribution is 2.28. The van der Waals surface area contributed by atoms with E-state index in [1.165, 1.54) is 0 Å². The van der Waals surface area contributed by atoms with Crippen LogP contribution < -0.4 is 15.8 Å². The standard InChI is InChI=1S/C19H22N2O3/c1-3-13(2)16-6-4-5-7-17(16)24-12-18(22)21-15-10-8-14(9-11-15)19(20)23/h4-11,13H,3,12H2,1-2H3,(H2,20,23)(H,21,22). The monoisotopic (exact) mass is 326 g/mol. The molecule has 0 aliphatic heterocycles. The molecular weight excluding hydrogens is 304 g/mol. The number of amides is 2. The second-order valence-electron chi connectivity index (χ2n) is 5.63. The first kappa shape index (κ1) is 17.5. The van der Waals surface area contributed by atoms with Gasteiger partial charge in [0, 0.05) is 11.3 Å². The summed E-state index contributed by atoms with van der Waals surface area (Å²) >= 11 is 0. The SMILES string of the molecule is CCC(C)c1ccccc1OCC(=O)Nc1ccc(C(N)=O)cc1. The molecule has 0 heterocycles. The van der Waals surface area contributed by atoms with Gasteiger partial charge in [0.25, 0.3) is 5.91 Å². The maximum Gasteiger partial charge on any atom is 0.262 e. The summed E-state index contributed by atoms with van der Waals surface area (Å²) in [7, 11) is 0. The molecule has 1 unspecified atom stereocenters. The highest BCUT2D eigenvalue weighted by molar-refractivity contribution is 5.95. The average molecular weight is 326 g/mol. The molecule has 2 aromatic carbocycles. The van der Waals surface area contributed by atoms with Crippen molar-refractivity contribution in [1.82, 2.24) is 0 Å². The van der Waals surface area contributed by atoms with Crippen LogP contribution >= 0.6 is 0 Å². The number of carbonyl (C=O) groups excluding carboxylic acids is 2. The molecule has 0 aliphatic carbocycles. The third kappa shape index (κ3) is 4.59. The molecule has 0 saturated carbocycles. The van der Waals surface area contributed by atoms with Gasteiger partial charge in [0.1, 0.15) is 5.75 Å². The number of carbonyl (C=O) groups is 2. The van der Waals surface area contributed by atoms with Crippen LogP contribution in [-0.2, 0) is 4.79 Å². The lowest BCUT2D eigenvalue weighted by molar-refractivity contribution is -0.118. The van der Waals surface area contributed by atoms with Crippen LogP contribution in [0.5, 0.6) is 5.75 Å². The quantitative estimate of drug-likeness (QED) is 0.819. The Morgan fingerprint density at radius 3 is 2.42 bits per heavy atom. The summed E-state index contributed by atoms with van der Waals surface area (Å²) in [5, 5.41) is 2.72. The fourth-order valence-electron chi connectivity index (χ4n) is 2.30. The van der Waals surface area contributed by atoms with E-state index in [0.29, 0.717) is 17.2 Å². The molecule has 0 fully saturated rings. The molecule has 2 rings (SSSR count). The lowest BCUT2D eigenvalue weighted by atomic mass is 9.98. The Bertz CT molecular complexity index is 711. The predicted molar refractivity (Wildman–Crippen MR) is 94.2 cm³/mol. The van der Waals surface area contributed by atoms with E-state index in [4.69, 9.17) is 10.5 Å². The molecule has 0 spiro atoms. The van der Waals surface area contributed by atoms with Gasteiger partial charge in [-0.25, -0.2) is 0 Å². The molecule has 0 aromatic heterocycles. The van der Waals surface area contributed by atoms with Crippen LogP contribution in [0.25, 0.3) is 0 Å². The lowest BCUT2D eigenvalue weighted by Gasteiger charge is -2.15. The number of nitrogens with two attached hydrogens (primary N) is 1. The second kappa shape index (κ2) is 8.15. The summed E-state index contributed by atoms with van der Waals surface area (Å²) < 4.78 is 5.67. The average Bonchev–Trinajstić information content (AvgIpc) is 2.60. The molecule has 5 nitrogen and oxygen atoms in total. The second-order valence-corrected chi connectivity index (χ2v) is 5.63. The van der Waals surface area contributed by atoms with Crippen LogP contribution in [0.3, 0.4) is 0 Å². The number of para-hydroxylation sites is 1. The molecule has 0 bridgehead atoms. The summed E-state index contributed by atoms with van der Waals surface area (Å²) in [6.45, 7) is 4.16. The van der Waals surface area contributed by atoms with E-state index in [1.54, 1.807) is 24.3 Å². The van der Waals surface area contributed by atoms with Crippen molar-refractivity contribution in [2.45, 2.75) is 26.2 Å². The van der Waals surface area contributed by atoms with E-state index < -0.39 is 5.91 Å². The van der Waals surface area contributed by atoms with Crippen molar-refractivity contribution in [3.8, 4) is 5.75 Å². The van der Waals surface area contributed by atoms with Crippen LogP contribution in [0.2, 0.25) is 0 Å². The van der Waals surface area contributed by atoms with Crippen LogP contribution in [0.1, 0.15) is 42.1 Å². The maximum atomic E-state index is 12.0. The Hall–Kier alpha value is -2.82. The Kier molecular flexibility index (Phi) is 5.95. The van der Waals surface area contributed by atoms with E-state index in [-0.39, 0.29) is 12.5 Å². The minimum absolute atomic E-state index is 0.0784. The van der Waals surface area contributed by atoms with Crippen LogP contribution in [0, 0.1) is 0 Å². The number of primary amides is 1. The smallest absolute Gasteiger partial charge is 0.262 e. The molecule has 2 aromatic rings. The molecule has 3 N–H and O–H groups in total. The number of nitrogens with one attached hydrogen (secondary N) is 1. The number of ether oxygens (including phenoxy) is 1. The minimum atomic E-state index is -0.502. The summed E-state index contributed by atoms with van der Waals surface area (Å²) in [5.74, 6) is 0.329. The number of benzene rings is 2. The van der Waals surface area contributed by atoms with Gasteiger partial charge in [-0.2, -0.15) is 0 Å². The van der Waals surface area contributed by atoms with Gasteiger partial charge in [0.05, 0.1) is 0 Å². The van der Waals surface area contributed by atoms with Gasteiger partial charge in [0.15, 0.2) is 6.61 Å². The highest BCUT2D eigenvalue weighted by atomic mass is 16.5. The third-order valence-electron chi connectivity index (χ3n) is 3.87.